The quantitative estimate of drug-likeness (QED) is 0.618. The average Bonchev–Trinajstić information content (AvgIpc) is 2.47. The van der Waals surface area contributed by atoms with Crippen molar-refractivity contribution in [2.24, 2.45) is 0 Å². The first-order valence-electron chi connectivity index (χ1n) is 7.40. The molecule has 1 amide bonds. The van der Waals surface area contributed by atoms with Crippen molar-refractivity contribution in [3.05, 3.63) is 0 Å². The van der Waals surface area contributed by atoms with Gasteiger partial charge in [0.15, 0.2) is 0 Å². The van der Waals surface area contributed by atoms with Crippen molar-refractivity contribution < 1.29 is 14.3 Å². The van der Waals surface area contributed by atoms with Crippen LogP contribution in [0.5, 0.6) is 0 Å². The predicted molar refractivity (Wildman–Crippen MR) is 77.4 cm³/mol. The van der Waals surface area contributed by atoms with E-state index in [1.807, 2.05) is 18.7 Å². The lowest BCUT2D eigenvalue weighted by Crippen LogP contribution is -2.50. The molecule has 1 fully saturated rings. The minimum atomic E-state index is -0.163. The number of amides is 1. The zero-order valence-electron chi connectivity index (χ0n) is 12.9. The van der Waals surface area contributed by atoms with E-state index in [1.54, 1.807) is 0 Å². The number of likely N-dealkylation sites (N-methyl/N-ethyl adjacent to an activating group) is 1. The summed E-state index contributed by atoms with van der Waals surface area (Å²) in [6, 6.07) is 0. The molecule has 1 aliphatic heterocycles. The first-order valence-corrected chi connectivity index (χ1v) is 7.40. The van der Waals surface area contributed by atoms with E-state index in [4.69, 9.17) is 0 Å². The van der Waals surface area contributed by atoms with Gasteiger partial charge in [0, 0.05) is 45.8 Å². The van der Waals surface area contributed by atoms with Crippen LogP contribution in [0.15, 0.2) is 0 Å². The fourth-order valence-electron chi connectivity index (χ4n) is 2.39. The smallest absolute Gasteiger partial charge is 0.306 e. The molecule has 0 saturated carbocycles. The number of hydrogen-bond donors (Lipinski definition) is 0. The molecule has 1 aliphatic rings. The van der Waals surface area contributed by atoms with E-state index in [1.165, 1.54) is 7.11 Å². The summed E-state index contributed by atoms with van der Waals surface area (Å²) in [5.41, 5.74) is 0. The standard InChI is InChI=1S/C14H27N3O3/c1-4-17(5-2)13(18)12-16-10-8-15(9-11-16)7-6-14(19)20-3/h4-12H2,1-3H3. The van der Waals surface area contributed by atoms with Gasteiger partial charge in [-0.05, 0) is 13.8 Å². The summed E-state index contributed by atoms with van der Waals surface area (Å²) in [5, 5.41) is 0. The van der Waals surface area contributed by atoms with Crippen LogP contribution in [0.2, 0.25) is 0 Å². The van der Waals surface area contributed by atoms with Gasteiger partial charge in [-0.2, -0.15) is 0 Å². The van der Waals surface area contributed by atoms with Gasteiger partial charge in [0.1, 0.15) is 0 Å². The van der Waals surface area contributed by atoms with E-state index < -0.39 is 0 Å². The molecule has 1 heterocycles. The van der Waals surface area contributed by atoms with E-state index in [2.05, 4.69) is 14.5 Å². The molecule has 0 spiro atoms. The maximum Gasteiger partial charge on any atom is 0.306 e. The third-order valence-corrected chi connectivity index (χ3v) is 3.80. The van der Waals surface area contributed by atoms with Crippen molar-refractivity contribution in [2.45, 2.75) is 20.3 Å². The van der Waals surface area contributed by atoms with Gasteiger partial charge < -0.3 is 14.5 Å². The maximum atomic E-state index is 12.0. The van der Waals surface area contributed by atoms with Crippen LogP contribution in [0.3, 0.4) is 0 Å². The lowest BCUT2D eigenvalue weighted by molar-refractivity contribution is -0.141. The number of ether oxygens (including phenoxy) is 1. The SMILES string of the molecule is CCN(CC)C(=O)CN1CCN(CCC(=O)OC)CC1. The highest BCUT2D eigenvalue weighted by Crippen LogP contribution is 2.04. The highest BCUT2D eigenvalue weighted by Gasteiger charge is 2.20. The Kier molecular flexibility index (Phi) is 7.54. The van der Waals surface area contributed by atoms with Crippen LogP contribution >= 0.6 is 0 Å². The normalized spacial score (nSPS) is 16.9. The molecular formula is C14H27N3O3. The Morgan fingerprint density at radius 1 is 1.05 bits per heavy atom. The van der Waals surface area contributed by atoms with Crippen LogP contribution in [0.4, 0.5) is 0 Å². The monoisotopic (exact) mass is 285 g/mol. The summed E-state index contributed by atoms with van der Waals surface area (Å²) in [7, 11) is 1.42. The fourth-order valence-corrected chi connectivity index (χ4v) is 2.39. The van der Waals surface area contributed by atoms with Gasteiger partial charge in [-0.3, -0.25) is 14.5 Å². The minimum Gasteiger partial charge on any atom is -0.469 e. The molecule has 0 unspecified atom stereocenters. The van der Waals surface area contributed by atoms with Crippen molar-refractivity contribution in [3.63, 3.8) is 0 Å². The summed E-state index contributed by atoms with van der Waals surface area (Å²) in [4.78, 5) is 29.4. The number of nitrogens with zero attached hydrogens (tertiary/aromatic N) is 3. The largest absolute Gasteiger partial charge is 0.469 e. The van der Waals surface area contributed by atoms with Gasteiger partial charge in [-0.25, -0.2) is 0 Å². The van der Waals surface area contributed by atoms with Crippen molar-refractivity contribution in [1.29, 1.82) is 0 Å². The van der Waals surface area contributed by atoms with Gasteiger partial charge in [-0.1, -0.05) is 0 Å². The third-order valence-electron chi connectivity index (χ3n) is 3.80. The van der Waals surface area contributed by atoms with E-state index in [9.17, 15) is 9.59 Å². The molecule has 6 nitrogen and oxygen atoms in total. The second kappa shape index (κ2) is 8.92. The number of carbonyl (C=O) groups excluding carboxylic acids is 2. The summed E-state index contributed by atoms with van der Waals surface area (Å²) in [5.74, 6) is 0.0437. The topological polar surface area (TPSA) is 53.1 Å². The van der Waals surface area contributed by atoms with E-state index >= 15 is 0 Å². The van der Waals surface area contributed by atoms with Gasteiger partial charge in [0.2, 0.25) is 5.91 Å². The molecule has 0 bridgehead atoms. The first kappa shape index (κ1) is 16.9. The Bertz CT molecular complexity index is 311. The van der Waals surface area contributed by atoms with Crippen LogP contribution in [-0.2, 0) is 14.3 Å². The number of methoxy groups -OCH3 is 1. The minimum absolute atomic E-state index is 0.163. The van der Waals surface area contributed by atoms with Gasteiger partial charge in [0.05, 0.1) is 20.1 Å². The predicted octanol–water partition coefficient (Wildman–Crippen LogP) is 0.0355. The average molecular weight is 285 g/mol. The highest BCUT2D eigenvalue weighted by molar-refractivity contribution is 5.78. The molecule has 116 valence electrons. The molecule has 0 aromatic heterocycles. The van der Waals surface area contributed by atoms with E-state index in [-0.39, 0.29) is 11.9 Å². The zero-order valence-corrected chi connectivity index (χ0v) is 12.9. The lowest BCUT2D eigenvalue weighted by Gasteiger charge is -2.35. The Labute approximate surface area is 121 Å². The molecule has 1 saturated heterocycles. The number of esters is 1. The zero-order chi connectivity index (χ0) is 15.0. The van der Waals surface area contributed by atoms with Crippen molar-refractivity contribution in [2.75, 3.05) is 59.5 Å². The number of carbonyl (C=O) groups is 2. The molecule has 0 radical (unpaired) electrons. The summed E-state index contributed by atoms with van der Waals surface area (Å²) < 4.78 is 4.64. The molecule has 0 N–H and O–H groups in total. The Balaban J connectivity index is 2.25. The van der Waals surface area contributed by atoms with Gasteiger partial charge in [0.25, 0.3) is 0 Å². The second-order valence-corrected chi connectivity index (χ2v) is 5.01. The molecule has 6 heteroatoms. The van der Waals surface area contributed by atoms with Crippen LogP contribution < -0.4 is 0 Å². The Hall–Kier alpha value is -1.14. The molecule has 0 aromatic carbocycles. The van der Waals surface area contributed by atoms with E-state index in [0.29, 0.717) is 13.0 Å². The fraction of sp³-hybridized carbons (Fsp3) is 0.857. The maximum absolute atomic E-state index is 12.0. The molecule has 0 aromatic rings. The van der Waals surface area contributed by atoms with Crippen LogP contribution in [0.1, 0.15) is 20.3 Å². The highest BCUT2D eigenvalue weighted by atomic mass is 16.5. The molecule has 0 atom stereocenters. The van der Waals surface area contributed by atoms with Crippen molar-refractivity contribution in [3.8, 4) is 0 Å². The lowest BCUT2D eigenvalue weighted by atomic mass is 10.2. The molecular weight excluding hydrogens is 258 g/mol. The van der Waals surface area contributed by atoms with Crippen LogP contribution in [0.25, 0.3) is 0 Å². The molecule has 0 aliphatic carbocycles. The van der Waals surface area contributed by atoms with E-state index in [0.717, 1.165) is 45.8 Å². The summed E-state index contributed by atoms with van der Waals surface area (Å²) in [6.07, 6.45) is 0.439. The number of piperazine rings is 1. The summed E-state index contributed by atoms with van der Waals surface area (Å²) in [6.45, 7) is 10.4. The Morgan fingerprint density at radius 2 is 1.60 bits per heavy atom. The second-order valence-electron chi connectivity index (χ2n) is 5.01. The van der Waals surface area contributed by atoms with Crippen LogP contribution in [0, 0.1) is 0 Å². The number of rotatable bonds is 7. The van der Waals surface area contributed by atoms with Gasteiger partial charge in [-0.15, -0.1) is 0 Å². The van der Waals surface area contributed by atoms with Crippen molar-refractivity contribution >= 4 is 11.9 Å². The van der Waals surface area contributed by atoms with Crippen LogP contribution in [-0.4, -0.2) is 86.0 Å². The van der Waals surface area contributed by atoms with Crippen molar-refractivity contribution in [1.82, 2.24) is 14.7 Å². The molecule has 1 rings (SSSR count). The third kappa shape index (κ3) is 5.46. The Morgan fingerprint density at radius 3 is 2.10 bits per heavy atom. The molecule has 20 heavy (non-hydrogen) atoms. The van der Waals surface area contributed by atoms with Gasteiger partial charge >= 0.3 is 5.97 Å². The number of hydrogen-bond acceptors (Lipinski definition) is 5. The summed E-state index contributed by atoms with van der Waals surface area (Å²) >= 11 is 0. The first-order chi connectivity index (χ1) is 9.60.